The van der Waals surface area contributed by atoms with E-state index in [4.69, 9.17) is 0 Å². The van der Waals surface area contributed by atoms with Gasteiger partial charge >= 0.3 is 0 Å². The van der Waals surface area contributed by atoms with Crippen molar-refractivity contribution < 1.29 is 13.5 Å². The summed E-state index contributed by atoms with van der Waals surface area (Å²) in [5, 5.41) is 15.6. The highest BCUT2D eigenvalue weighted by atomic mass is 79.9. The van der Waals surface area contributed by atoms with Gasteiger partial charge in [0.25, 0.3) is 0 Å². The molecule has 2 rings (SSSR count). The molecule has 0 spiro atoms. The molecule has 0 bridgehead atoms. The van der Waals surface area contributed by atoms with Gasteiger partial charge in [0.2, 0.25) is 10.0 Å². The van der Waals surface area contributed by atoms with Gasteiger partial charge in [-0.1, -0.05) is 28.1 Å². The van der Waals surface area contributed by atoms with Crippen LogP contribution in [0.3, 0.4) is 0 Å². The van der Waals surface area contributed by atoms with Crippen LogP contribution in [0.15, 0.2) is 33.6 Å². The van der Waals surface area contributed by atoms with Gasteiger partial charge in [0.05, 0.1) is 12.3 Å². The number of benzene rings is 1. The standard InChI is InChI=1S/C13H16BrN3O3S/c1-9-13(12(8-18)16-15-9)21(19,20)17(2)7-10-4-3-5-11(14)6-10/h3-6,18H,7-8H2,1-2H3,(H,15,16). The SMILES string of the molecule is Cc1[nH]nc(CO)c1S(=O)(=O)N(C)Cc1cccc(Br)c1. The molecule has 114 valence electrons. The molecule has 6 nitrogen and oxygen atoms in total. The lowest BCUT2D eigenvalue weighted by molar-refractivity contribution is 0.273. The van der Waals surface area contributed by atoms with Crippen LogP contribution in [0.4, 0.5) is 0 Å². The molecule has 0 aliphatic rings. The first-order chi connectivity index (χ1) is 9.86. The largest absolute Gasteiger partial charge is 0.390 e. The van der Waals surface area contributed by atoms with Crippen LogP contribution in [-0.4, -0.2) is 35.1 Å². The number of aromatic nitrogens is 2. The van der Waals surface area contributed by atoms with Crippen molar-refractivity contribution in [2.75, 3.05) is 7.05 Å². The summed E-state index contributed by atoms with van der Waals surface area (Å²) in [6.07, 6.45) is 0. The van der Waals surface area contributed by atoms with Crippen molar-refractivity contribution in [1.82, 2.24) is 14.5 Å². The van der Waals surface area contributed by atoms with Gasteiger partial charge in [0, 0.05) is 18.1 Å². The van der Waals surface area contributed by atoms with E-state index in [1.54, 1.807) is 6.92 Å². The number of H-pyrrole nitrogens is 1. The molecule has 0 saturated heterocycles. The van der Waals surface area contributed by atoms with Crippen molar-refractivity contribution in [1.29, 1.82) is 0 Å². The minimum absolute atomic E-state index is 0.0440. The van der Waals surface area contributed by atoms with Gasteiger partial charge in [0.15, 0.2) is 0 Å². The summed E-state index contributed by atoms with van der Waals surface area (Å²) >= 11 is 3.36. The average molecular weight is 374 g/mol. The van der Waals surface area contributed by atoms with Crippen LogP contribution in [-0.2, 0) is 23.2 Å². The van der Waals surface area contributed by atoms with Gasteiger partial charge in [-0.15, -0.1) is 0 Å². The Kier molecular flexibility index (Phi) is 4.82. The van der Waals surface area contributed by atoms with E-state index in [0.29, 0.717) is 5.69 Å². The third-order valence-electron chi connectivity index (χ3n) is 3.07. The number of nitrogens with one attached hydrogen (secondary N) is 1. The highest BCUT2D eigenvalue weighted by Gasteiger charge is 2.28. The molecule has 1 aromatic carbocycles. The zero-order valence-corrected chi connectivity index (χ0v) is 14.1. The molecular weight excluding hydrogens is 358 g/mol. The van der Waals surface area contributed by atoms with Crippen LogP contribution >= 0.6 is 15.9 Å². The lowest BCUT2D eigenvalue weighted by atomic mass is 10.2. The summed E-state index contributed by atoms with van der Waals surface area (Å²) in [6, 6.07) is 7.44. The minimum Gasteiger partial charge on any atom is -0.390 e. The third-order valence-corrected chi connectivity index (χ3v) is 5.57. The van der Waals surface area contributed by atoms with Crippen molar-refractivity contribution in [2.45, 2.75) is 25.0 Å². The Hall–Kier alpha value is -1.22. The fourth-order valence-electron chi connectivity index (χ4n) is 2.05. The number of halogens is 1. The first-order valence-corrected chi connectivity index (χ1v) is 8.45. The maximum absolute atomic E-state index is 12.6. The van der Waals surface area contributed by atoms with Crippen molar-refractivity contribution in [3.05, 3.63) is 45.7 Å². The van der Waals surface area contributed by atoms with E-state index >= 15 is 0 Å². The molecule has 0 fully saturated rings. The van der Waals surface area contributed by atoms with Crippen molar-refractivity contribution in [3.63, 3.8) is 0 Å². The second-order valence-corrected chi connectivity index (χ2v) is 7.57. The molecule has 8 heteroatoms. The maximum atomic E-state index is 12.6. The van der Waals surface area contributed by atoms with E-state index in [2.05, 4.69) is 26.1 Å². The first-order valence-electron chi connectivity index (χ1n) is 6.21. The zero-order valence-electron chi connectivity index (χ0n) is 11.7. The zero-order chi connectivity index (χ0) is 15.6. The molecule has 0 saturated carbocycles. The number of nitrogens with zero attached hydrogens (tertiary/aromatic N) is 2. The van der Waals surface area contributed by atoms with Crippen molar-refractivity contribution in [3.8, 4) is 0 Å². The van der Waals surface area contributed by atoms with Crippen LogP contribution in [0.25, 0.3) is 0 Å². The van der Waals surface area contributed by atoms with Gasteiger partial charge in [-0.3, -0.25) is 5.10 Å². The molecule has 1 aromatic heterocycles. The summed E-state index contributed by atoms with van der Waals surface area (Å²) in [6.45, 7) is 1.42. The molecule has 0 radical (unpaired) electrons. The molecular formula is C13H16BrN3O3S. The normalized spacial score (nSPS) is 12.0. The number of hydrogen-bond acceptors (Lipinski definition) is 4. The number of aryl methyl sites for hydroxylation is 1. The smallest absolute Gasteiger partial charge is 0.246 e. The van der Waals surface area contributed by atoms with Crippen LogP contribution in [0.1, 0.15) is 17.0 Å². The Morgan fingerprint density at radius 2 is 2.14 bits per heavy atom. The molecule has 0 unspecified atom stereocenters. The van der Waals surface area contributed by atoms with Gasteiger partial charge in [-0.05, 0) is 24.6 Å². The summed E-state index contributed by atoms with van der Waals surface area (Å²) in [7, 11) is -2.21. The number of aliphatic hydroxyl groups excluding tert-OH is 1. The van der Waals surface area contributed by atoms with E-state index in [-0.39, 0.29) is 17.1 Å². The first kappa shape index (κ1) is 16.2. The summed E-state index contributed by atoms with van der Waals surface area (Å²) in [5.74, 6) is 0. The van der Waals surface area contributed by atoms with Crippen molar-refractivity contribution >= 4 is 26.0 Å². The van der Waals surface area contributed by atoms with Crippen LogP contribution in [0.5, 0.6) is 0 Å². The fraction of sp³-hybridized carbons (Fsp3) is 0.308. The predicted octanol–water partition coefficient (Wildman–Crippen LogP) is 1.79. The van der Waals surface area contributed by atoms with Crippen molar-refractivity contribution in [2.24, 2.45) is 0 Å². The monoisotopic (exact) mass is 373 g/mol. The summed E-state index contributed by atoms with van der Waals surface area (Å²) in [4.78, 5) is 0.0440. The molecule has 2 N–H and O–H groups in total. The lowest BCUT2D eigenvalue weighted by Gasteiger charge is -2.17. The molecule has 0 aliphatic heterocycles. The van der Waals surface area contributed by atoms with E-state index in [1.165, 1.54) is 11.4 Å². The van der Waals surface area contributed by atoms with Gasteiger partial charge < -0.3 is 5.11 Å². The Bertz CT molecular complexity index is 743. The van der Waals surface area contributed by atoms with E-state index in [9.17, 15) is 13.5 Å². The molecule has 1 heterocycles. The average Bonchev–Trinajstić information content (AvgIpc) is 2.80. The maximum Gasteiger partial charge on any atom is 0.246 e. The Morgan fingerprint density at radius 1 is 1.43 bits per heavy atom. The second kappa shape index (κ2) is 6.27. The number of rotatable bonds is 5. The van der Waals surface area contributed by atoms with Crippen LogP contribution in [0.2, 0.25) is 0 Å². The molecule has 21 heavy (non-hydrogen) atoms. The number of aromatic amines is 1. The van der Waals surface area contributed by atoms with Crippen LogP contribution < -0.4 is 0 Å². The van der Waals surface area contributed by atoms with Gasteiger partial charge in [-0.25, -0.2) is 8.42 Å². The van der Waals surface area contributed by atoms with Crippen LogP contribution in [0, 0.1) is 6.92 Å². The quantitative estimate of drug-likeness (QED) is 0.836. The molecule has 0 aliphatic carbocycles. The fourth-order valence-corrected chi connectivity index (χ4v) is 3.97. The van der Waals surface area contributed by atoms with E-state index < -0.39 is 16.6 Å². The number of aliphatic hydroxyl groups is 1. The highest BCUT2D eigenvalue weighted by Crippen LogP contribution is 2.23. The Balaban J connectivity index is 2.33. The topological polar surface area (TPSA) is 86.3 Å². The van der Waals surface area contributed by atoms with E-state index in [0.717, 1.165) is 10.0 Å². The lowest BCUT2D eigenvalue weighted by Crippen LogP contribution is -2.27. The number of sulfonamides is 1. The molecule has 0 amide bonds. The molecule has 0 atom stereocenters. The van der Waals surface area contributed by atoms with E-state index in [1.807, 2.05) is 24.3 Å². The second-order valence-electron chi connectivity index (χ2n) is 4.67. The minimum atomic E-state index is -3.72. The summed E-state index contributed by atoms with van der Waals surface area (Å²) in [5.41, 5.74) is 1.41. The van der Waals surface area contributed by atoms with Gasteiger partial charge in [-0.2, -0.15) is 9.40 Å². The highest BCUT2D eigenvalue weighted by molar-refractivity contribution is 9.10. The number of hydrogen-bond donors (Lipinski definition) is 2. The Labute approximate surface area is 132 Å². The van der Waals surface area contributed by atoms with Gasteiger partial charge in [0.1, 0.15) is 10.6 Å². The third kappa shape index (κ3) is 3.34. The summed E-state index contributed by atoms with van der Waals surface area (Å²) < 4.78 is 27.4. The predicted molar refractivity (Wildman–Crippen MR) is 82.0 cm³/mol. The Morgan fingerprint density at radius 3 is 2.76 bits per heavy atom. The molecule has 2 aromatic rings.